The van der Waals surface area contributed by atoms with Crippen LogP contribution in [0.4, 0.5) is 5.82 Å². The average Bonchev–Trinajstić information content (AvgIpc) is 3.45. The maximum Gasteiger partial charge on any atom is 0.239 e. The van der Waals surface area contributed by atoms with Crippen LogP contribution in [0.25, 0.3) is 0 Å². The summed E-state index contributed by atoms with van der Waals surface area (Å²) in [6.45, 7) is 9.94. The van der Waals surface area contributed by atoms with E-state index in [1.807, 2.05) is 13.0 Å². The molecule has 0 radical (unpaired) electrons. The lowest BCUT2D eigenvalue weighted by Gasteiger charge is -2.35. The predicted molar refractivity (Wildman–Crippen MR) is 108 cm³/mol. The van der Waals surface area contributed by atoms with E-state index >= 15 is 0 Å². The molecule has 1 N–H and O–H groups in total. The van der Waals surface area contributed by atoms with Crippen LogP contribution in [-0.4, -0.2) is 83.9 Å². The molecule has 1 saturated heterocycles. The summed E-state index contributed by atoms with van der Waals surface area (Å²) in [7, 11) is 1.70. The Morgan fingerprint density at radius 1 is 1.21 bits per heavy atom. The maximum atomic E-state index is 12.4. The van der Waals surface area contributed by atoms with Gasteiger partial charge in [-0.15, -0.1) is 0 Å². The molecular weight excluding hydrogens is 356 g/mol. The van der Waals surface area contributed by atoms with Crippen molar-refractivity contribution in [1.29, 1.82) is 0 Å². The molecule has 0 aromatic carbocycles. The van der Waals surface area contributed by atoms with Crippen molar-refractivity contribution in [2.24, 2.45) is 0 Å². The fourth-order valence-corrected chi connectivity index (χ4v) is 3.25. The summed E-state index contributed by atoms with van der Waals surface area (Å²) in [5, 5.41) is 2.92. The van der Waals surface area contributed by atoms with Crippen molar-refractivity contribution >= 4 is 17.6 Å². The molecule has 2 fully saturated rings. The zero-order valence-corrected chi connectivity index (χ0v) is 17.4. The van der Waals surface area contributed by atoms with E-state index in [0.29, 0.717) is 18.5 Å². The number of hydrogen-bond acceptors (Lipinski definition) is 6. The zero-order chi connectivity index (χ0) is 20.3. The lowest BCUT2D eigenvalue weighted by Crippen LogP contribution is -2.50. The van der Waals surface area contributed by atoms with Gasteiger partial charge in [-0.3, -0.25) is 14.5 Å². The van der Waals surface area contributed by atoms with Gasteiger partial charge in [-0.25, -0.2) is 9.97 Å². The summed E-state index contributed by atoms with van der Waals surface area (Å²) in [5.41, 5.74) is 0.984. The van der Waals surface area contributed by atoms with Gasteiger partial charge in [0, 0.05) is 56.9 Å². The number of likely N-dealkylation sites (N-methyl/N-ethyl adjacent to an activating group) is 1. The second kappa shape index (κ2) is 8.86. The van der Waals surface area contributed by atoms with Crippen LogP contribution >= 0.6 is 0 Å². The van der Waals surface area contributed by atoms with Gasteiger partial charge in [-0.05, 0) is 19.8 Å². The maximum absolute atomic E-state index is 12.4. The van der Waals surface area contributed by atoms with Crippen molar-refractivity contribution in [3.63, 3.8) is 0 Å². The molecule has 1 aliphatic heterocycles. The molecule has 154 valence electrons. The van der Waals surface area contributed by atoms with Crippen LogP contribution in [-0.2, 0) is 9.59 Å². The number of nitrogens with one attached hydrogen (secondary N) is 1. The number of anilines is 1. The predicted octanol–water partition coefficient (Wildman–Crippen LogP) is 0.767. The van der Waals surface area contributed by atoms with Crippen molar-refractivity contribution < 1.29 is 9.59 Å². The fourth-order valence-electron chi connectivity index (χ4n) is 3.25. The molecule has 2 aliphatic rings. The van der Waals surface area contributed by atoms with E-state index in [-0.39, 0.29) is 18.4 Å². The summed E-state index contributed by atoms with van der Waals surface area (Å²) < 4.78 is 0. The zero-order valence-electron chi connectivity index (χ0n) is 17.4. The molecule has 1 aliphatic carbocycles. The molecule has 28 heavy (non-hydrogen) atoms. The summed E-state index contributed by atoms with van der Waals surface area (Å²) in [6.07, 6.45) is 2.11. The highest BCUT2D eigenvalue weighted by molar-refractivity contribution is 5.85. The molecule has 2 heterocycles. The lowest BCUT2D eigenvalue weighted by atomic mass is 10.2. The normalized spacial score (nSPS) is 17.7. The quantitative estimate of drug-likeness (QED) is 0.743. The first kappa shape index (κ1) is 20.5. The van der Waals surface area contributed by atoms with Gasteiger partial charge in [0.15, 0.2) is 0 Å². The van der Waals surface area contributed by atoms with Gasteiger partial charge in [0.2, 0.25) is 11.8 Å². The minimum absolute atomic E-state index is 0.0145. The van der Waals surface area contributed by atoms with E-state index in [9.17, 15) is 9.59 Å². The second-order valence-electron chi connectivity index (χ2n) is 8.24. The first-order valence-electron chi connectivity index (χ1n) is 10.2. The lowest BCUT2D eigenvalue weighted by molar-refractivity contribution is -0.135. The Hall–Kier alpha value is -2.22. The van der Waals surface area contributed by atoms with Crippen LogP contribution in [0.5, 0.6) is 0 Å². The van der Waals surface area contributed by atoms with Crippen LogP contribution in [0.3, 0.4) is 0 Å². The van der Waals surface area contributed by atoms with Gasteiger partial charge in [-0.2, -0.15) is 0 Å². The third kappa shape index (κ3) is 5.64. The minimum atomic E-state index is -0.0664. The smallest absolute Gasteiger partial charge is 0.239 e. The van der Waals surface area contributed by atoms with E-state index in [1.165, 1.54) is 4.90 Å². The number of hydrogen-bond donors (Lipinski definition) is 1. The number of aryl methyl sites for hydroxylation is 1. The molecule has 0 bridgehead atoms. The highest BCUT2D eigenvalue weighted by atomic mass is 16.2. The van der Waals surface area contributed by atoms with Crippen molar-refractivity contribution in [1.82, 2.24) is 25.1 Å². The Morgan fingerprint density at radius 3 is 2.50 bits per heavy atom. The van der Waals surface area contributed by atoms with Crippen molar-refractivity contribution in [3.05, 3.63) is 17.6 Å². The SMILES string of the molecule is Cc1cc(N2CCN(CC(=O)N(C)CC(=O)NC3CC3)CC2)nc(C(C)C)n1. The highest BCUT2D eigenvalue weighted by Crippen LogP contribution is 2.19. The van der Waals surface area contributed by atoms with Gasteiger partial charge in [0.1, 0.15) is 11.6 Å². The molecule has 0 unspecified atom stereocenters. The first-order valence-corrected chi connectivity index (χ1v) is 10.2. The second-order valence-corrected chi connectivity index (χ2v) is 8.24. The largest absolute Gasteiger partial charge is 0.354 e. The number of carbonyl (C=O) groups excluding carboxylic acids is 2. The molecule has 8 heteroatoms. The van der Waals surface area contributed by atoms with E-state index in [2.05, 4.69) is 33.9 Å². The number of amides is 2. The molecular formula is C20H32N6O2. The van der Waals surface area contributed by atoms with Gasteiger partial charge in [-0.1, -0.05) is 13.8 Å². The molecule has 3 rings (SSSR count). The van der Waals surface area contributed by atoms with Crippen molar-refractivity contribution in [3.8, 4) is 0 Å². The highest BCUT2D eigenvalue weighted by Gasteiger charge is 2.26. The minimum Gasteiger partial charge on any atom is -0.354 e. The van der Waals surface area contributed by atoms with Crippen molar-refractivity contribution in [2.75, 3.05) is 51.2 Å². The summed E-state index contributed by atoms with van der Waals surface area (Å²) >= 11 is 0. The number of rotatable bonds is 7. The molecule has 0 atom stereocenters. The van der Waals surface area contributed by atoms with Gasteiger partial charge in [0.05, 0.1) is 13.1 Å². The van der Waals surface area contributed by atoms with Crippen LogP contribution in [0.2, 0.25) is 0 Å². The molecule has 1 aromatic heterocycles. The van der Waals surface area contributed by atoms with E-state index in [4.69, 9.17) is 4.98 Å². The Bertz CT molecular complexity index is 711. The van der Waals surface area contributed by atoms with E-state index in [0.717, 1.165) is 56.4 Å². The fraction of sp³-hybridized carbons (Fsp3) is 0.700. The van der Waals surface area contributed by atoms with Crippen LogP contribution in [0, 0.1) is 6.92 Å². The van der Waals surface area contributed by atoms with Crippen LogP contribution in [0.1, 0.15) is 44.1 Å². The topological polar surface area (TPSA) is 81.7 Å². The molecule has 8 nitrogen and oxygen atoms in total. The Morgan fingerprint density at radius 2 is 1.89 bits per heavy atom. The number of piperazine rings is 1. The van der Waals surface area contributed by atoms with Gasteiger partial charge in [0.25, 0.3) is 0 Å². The van der Waals surface area contributed by atoms with E-state index in [1.54, 1.807) is 7.05 Å². The summed E-state index contributed by atoms with van der Waals surface area (Å²) in [4.78, 5) is 39.4. The number of nitrogens with zero attached hydrogens (tertiary/aromatic N) is 5. The summed E-state index contributed by atoms with van der Waals surface area (Å²) in [5.74, 6) is 2.06. The van der Waals surface area contributed by atoms with E-state index < -0.39 is 0 Å². The monoisotopic (exact) mass is 388 g/mol. The molecule has 1 aromatic rings. The van der Waals surface area contributed by atoms with Crippen molar-refractivity contribution in [2.45, 2.75) is 45.6 Å². The standard InChI is InChI=1S/C20H32N6O2/c1-14(2)20-21-15(3)11-17(23-20)26-9-7-25(8-10-26)13-19(28)24(4)12-18(27)22-16-5-6-16/h11,14,16H,5-10,12-13H2,1-4H3,(H,22,27). The van der Waals surface area contributed by atoms with Crippen LogP contribution in [0.15, 0.2) is 6.07 Å². The van der Waals surface area contributed by atoms with Crippen LogP contribution < -0.4 is 10.2 Å². The number of aromatic nitrogens is 2. The molecule has 1 saturated carbocycles. The Balaban J connectivity index is 1.47. The summed E-state index contributed by atoms with van der Waals surface area (Å²) in [6, 6.07) is 2.35. The van der Waals surface area contributed by atoms with Gasteiger partial charge < -0.3 is 15.1 Å². The van der Waals surface area contributed by atoms with Gasteiger partial charge >= 0.3 is 0 Å². The third-order valence-corrected chi connectivity index (χ3v) is 5.18. The Kier molecular flexibility index (Phi) is 6.49. The average molecular weight is 389 g/mol. The molecule has 2 amide bonds. The third-order valence-electron chi connectivity index (χ3n) is 5.18. The number of carbonyl (C=O) groups is 2. The first-order chi connectivity index (χ1) is 13.3. The Labute approximate surface area is 167 Å². The molecule has 0 spiro atoms.